The number of sulfonamides is 1. The zero-order valence-electron chi connectivity index (χ0n) is 17.7. The quantitative estimate of drug-likeness (QED) is 0.410. The van der Waals surface area contributed by atoms with Gasteiger partial charge in [0.25, 0.3) is 10.0 Å². The van der Waals surface area contributed by atoms with Crippen molar-refractivity contribution in [2.45, 2.75) is 4.90 Å². The van der Waals surface area contributed by atoms with E-state index in [4.69, 9.17) is 32.7 Å². The van der Waals surface area contributed by atoms with E-state index in [2.05, 4.69) is 5.32 Å². The van der Waals surface area contributed by atoms with Gasteiger partial charge in [-0.15, -0.1) is 0 Å². The summed E-state index contributed by atoms with van der Waals surface area (Å²) in [4.78, 5) is 12.7. The van der Waals surface area contributed by atoms with Gasteiger partial charge in [-0.3, -0.25) is 9.10 Å². The lowest BCUT2D eigenvalue weighted by atomic mass is 10.3. The highest BCUT2D eigenvalue weighted by atomic mass is 35.5. The Morgan fingerprint density at radius 3 is 2.24 bits per heavy atom. The van der Waals surface area contributed by atoms with Crippen molar-refractivity contribution in [3.8, 4) is 11.5 Å². The topological polar surface area (TPSA) is 84.9 Å². The molecule has 0 aliphatic rings. The highest BCUT2D eigenvalue weighted by molar-refractivity contribution is 7.92. The van der Waals surface area contributed by atoms with Crippen molar-refractivity contribution in [1.29, 1.82) is 0 Å². The molecule has 1 amide bonds. The van der Waals surface area contributed by atoms with E-state index in [1.165, 1.54) is 30.3 Å². The molecule has 174 valence electrons. The van der Waals surface area contributed by atoms with E-state index in [-0.39, 0.29) is 33.8 Å². The van der Waals surface area contributed by atoms with Gasteiger partial charge in [0.15, 0.2) is 0 Å². The van der Waals surface area contributed by atoms with Crippen LogP contribution in [-0.2, 0) is 14.8 Å². The van der Waals surface area contributed by atoms with Crippen molar-refractivity contribution < 1.29 is 22.7 Å². The molecule has 0 atom stereocenters. The van der Waals surface area contributed by atoms with Gasteiger partial charge in [0.1, 0.15) is 24.7 Å². The number of nitrogens with zero attached hydrogens (tertiary/aromatic N) is 1. The van der Waals surface area contributed by atoms with Crippen LogP contribution in [-0.4, -0.2) is 41.1 Å². The fourth-order valence-corrected chi connectivity index (χ4v) is 4.62. The van der Waals surface area contributed by atoms with Gasteiger partial charge in [0.2, 0.25) is 5.91 Å². The zero-order valence-corrected chi connectivity index (χ0v) is 20.0. The molecule has 0 saturated heterocycles. The summed E-state index contributed by atoms with van der Waals surface area (Å²) in [7, 11) is -2.46. The number of carbonyl (C=O) groups is 1. The molecule has 0 aliphatic carbocycles. The third kappa shape index (κ3) is 6.54. The van der Waals surface area contributed by atoms with Crippen LogP contribution < -0.4 is 19.1 Å². The minimum absolute atomic E-state index is 0.0479. The number of amides is 1. The number of halogens is 2. The predicted octanol–water partition coefficient (Wildman–Crippen LogP) is 4.39. The highest BCUT2D eigenvalue weighted by Gasteiger charge is 2.27. The Balaban J connectivity index is 1.69. The Morgan fingerprint density at radius 2 is 1.61 bits per heavy atom. The zero-order chi connectivity index (χ0) is 23.8. The third-order valence-electron chi connectivity index (χ3n) is 4.56. The van der Waals surface area contributed by atoms with Crippen LogP contribution >= 0.6 is 23.2 Å². The van der Waals surface area contributed by atoms with Crippen LogP contribution in [0.2, 0.25) is 10.0 Å². The van der Waals surface area contributed by atoms with Gasteiger partial charge in [0.05, 0.1) is 34.3 Å². The molecule has 0 fully saturated rings. The van der Waals surface area contributed by atoms with Crippen LogP contribution in [0.5, 0.6) is 11.5 Å². The normalized spacial score (nSPS) is 11.0. The van der Waals surface area contributed by atoms with Crippen molar-refractivity contribution in [3.05, 3.63) is 82.8 Å². The lowest BCUT2D eigenvalue weighted by Crippen LogP contribution is -2.41. The fourth-order valence-electron chi connectivity index (χ4n) is 2.89. The number of carbonyl (C=O) groups excluding carboxylic acids is 1. The van der Waals surface area contributed by atoms with Gasteiger partial charge in [-0.1, -0.05) is 41.4 Å². The maximum atomic E-state index is 13.3. The second-order valence-corrected chi connectivity index (χ2v) is 9.47. The average molecular weight is 509 g/mol. The first kappa shape index (κ1) is 24.7. The molecule has 0 bridgehead atoms. The molecule has 10 heteroatoms. The summed E-state index contributed by atoms with van der Waals surface area (Å²) in [5.74, 6) is 0.825. The Hall–Kier alpha value is -2.94. The van der Waals surface area contributed by atoms with Crippen molar-refractivity contribution >= 4 is 44.8 Å². The van der Waals surface area contributed by atoms with Crippen molar-refractivity contribution in [3.63, 3.8) is 0 Å². The maximum absolute atomic E-state index is 13.3. The molecule has 0 unspecified atom stereocenters. The van der Waals surface area contributed by atoms with Gasteiger partial charge in [-0.25, -0.2) is 8.42 Å². The summed E-state index contributed by atoms with van der Waals surface area (Å²) in [6.45, 7) is -0.0561. The van der Waals surface area contributed by atoms with Gasteiger partial charge in [-0.2, -0.15) is 0 Å². The summed E-state index contributed by atoms with van der Waals surface area (Å²) in [6, 6.07) is 19.2. The third-order valence-corrected chi connectivity index (χ3v) is 7.09. The van der Waals surface area contributed by atoms with Gasteiger partial charge in [-0.05, 0) is 54.6 Å². The number of anilines is 1. The summed E-state index contributed by atoms with van der Waals surface area (Å²) in [6.07, 6.45) is 0. The Bertz CT molecular complexity index is 1190. The first-order valence-corrected chi connectivity index (χ1v) is 12.1. The monoisotopic (exact) mass is 508 g/mol. The average Bonchev–Trinajstić information content (AvgIpc) is 2.83. The molecular formula is C23H22Cl2N2O5S. The molecule has 0 aliphatic heterocycles. The predicted molar refractivity (Wildman–Crippen MR) is 129 cm³/mol. The van der Waals surface area contributed by atoms with E-state index in [9.17, 15) is 13.2 Å². The molecule has 7 nitrogen and oxygen atoms in total. The molecule has 0 saturated carbocycles. The standard InChI is InChI=1S/C23H22Cl2N2O5S/c1-31-18-8-10-19(11-9-18)32-14-13-26-23(28)16-27(17-7-12-21(24)22(25)15-17)33(29,30)20-5-3-2-4-6-20/h2-12,15H,13-14,16H2,1H3,(H,26,28). The number of benzene rings is 3. The number of ether oxygens (including phenoxy) is 2. The van der Waals surface area contributed by atoms with Gasteiger partial charge in [0, 0.05) is 0 Å². The molecule has 0 spiro atoms. The van der Waals surface area contributed by atoms with Crippen LogP contribution in [0.15, 0.2) is 77.7 Å². The maximum Gasteiger partial charge on any atom is 0.264 e. The fraction of sp³-hybridized carbons (Fsp3) is 0.174. The summed E-state index contributed by atoms with van der Waals surface area (Å²) >= 11 is 12.1. The Labute approximate surface area is 202 Å². The van der Waals surface area contributed by atoms with E-state index in [1.807, 2.05) is 0 Å². The van der Waals surface area contributed by atoms with E-state index in [1.54, 1.807) is 49.6 Å². The summed E-state index contributed by atoms with van der Waals surface area (Å²) in [5, 5.41) is 3.12. The molecule has 0 heterocycles. The van der Waals surface area contributed by atoms with Crippen molar-refractivity contribution in [1.82, 2.24) is 5.32 Å². The number of hydrogen-bond acceptors (Lipinski definition) is 5. The van der Waals surface area contributed by atoms with E-state index >= 15 is 0 Å². The largest absolute Gasteiger partial charge is 0.497 e. The summed E-state index contributed by atoms with van der Waals surface area (Å²) < 4.78 is 38.2. The van der Waals surface area contributed by atoms with Gasteiger partial charge >= 0.3 is 0 Å². The molecule has 3 aromatic rings. The van der Waals surface area contributed by atoms with Crippen LogP contribution in [0, 0.1) is 0 Å². The van der Waals surface area contributed by atoms with Gasteiger partial charge < -0.3 is 14.8 Å². The lowest BCUT2D eigenvalue weighted by Gasteiger charge is -2.24. The van der Waals surface area contributed by atoms with Crippen molar-refractivity contribution in [2.75, 3.05) is 31.1 Å². The SMILES string of the molecule is COc1ccc(OCCNC(=O)CN(c2ccc(Cl)c(Cl)c2)S(=O)(=O)c2ccccc2)cc1. The molecule has 0 aromatic heterocycles. The van der Waals surface area contributed by atoms with Crippen molar-refractivity contribution in [2.24, 2.45) is 0 Å². The van der Waals surface area contributed by atoms with Crippen LogP contribution in [0.4, 0.5) is 5.69 Å². The highest BCUT2D eigenvalue weighted by Crippen LogP contribution is 2.30. The lowest BCUT2D eigenvalue weighted by molar-refractivity contribution is -0.119. The molecular weight excluding hydrogens is 487 g/mol. The smallest absolute Gasteiger partial charge is 0.264 e. The number of rotatable bonds is 10. The summed E-state index contributed by atoms with van der Waals surface area (Å²) in [5.41, 5.74) is 0.220. The Morgan fingerprint density at radius 1 is 0.939 bits per heavy atom. The molecule has 0 radical (unpaired) electrons. The minimum Gasteiger partial charge on any atom is -0.497 e. The number of hydrogen-bond donors (Lipinski definition) is 1. The van der Waals surface area contributed by atoms with E-state index in [0.29, 0.717) is 11.5 Å². The van der Waals surface area contributed by atoms with Crippen LogP contribution in [0.25, 0.3) is 0 Å². The first-order chi connectivity index (χ1) is 15.8. The first-order valence-electron chi connectivity index (χ1n) is 9.87. The van der Waals surface area contributed by atoms with Crippen LogP contribution in [0.3, 0.4) is 0 Å². The minimum atomic E-state index is -4.03. The Kier molecular flexibility index (Phi) is 8.43. The van der Waals surface area contributed by atoms with Crippen LogP contribution in [0.1, 0.15) is 0 Å². The van der Waals surface area contributed by atoms with E-state index < -0.39 is 22.5 Å². The molecule has 1 N–H and O–H groups in total. The second kappa shape index (κ2) is 11.3. The molecule has 33 heavy (non-hydrogen) atoms. The molecule has 3 rings (SSSR count). The number of methoxy groups -OCH3 is 1. The second-order valence-electron chi connectivity index (χ2n) is 6.80. The number of nitrogens with one attached hydrogen (secondary N) is 1. The molecule has 3 aromatic carbocycles. The van der Waals surface area contributed by atoms with E-state index in [0.717, 1.165) is 4.31 Å².